The van der Waals surface area contributed by atoms with Gasteiger partial charge in [-0.3, -0.25) is 18.8 Å². The summed E-state index contributed by atoms with van der Waals surface area (Å²) >= 11 is 0. The van der Waals surface area contributed by atoms with Gasteiger partial charge in [-0.2, -0.15) is 8.42 Å². The van der Waals surface area contributed by atoms with Crippen LogP contribution in [0, 0.1) is 0 Å². The number of ketones is 1. The molecule has 1 aliphatic rings. The van der Waals surface area contributed by atoms with Gasteiger partial charge in [0.2, 0.25) is 5.78 Å². The molecule has 0 aliphatic carbocycles. The van der Waals surface area contributed by atoms with E-state index < -0.39 is 22.0 Å². The number of carbonyl (C=O) groups excluding carboxylic acids is 1. The second kappa shape index (κ2) is 14.7. The van der Waals surface area contributed by atoms with E-state index in [1.54, 1.807) is 9.48 Å². The Balaban J connectivity index is 2.49. The number of aliphatic hydroxyl groups is 2. The largest absolute Gasteiger partial charge is 0.392 e. The number of Topliss-reactive ketones (excluding diaryl/α,β-unsaturated/α-hetero) is 1. The number of rotatable bonds is 17. The van der Waals surface area contributed by atoms with E-state index >= 15 is 0 Å². The van der Waals surface area contributed by atoms with Gasteiger partial charge in [0.1, 0.15) is 38.0 Å². The lowest BCUT2D eigenvalue weighted by Gasteiger charge is -2.13. The van der Waals surface area contributed by atoms with E-state index in [9.17, 15) is 23.4 Å². The van der Waals surface area contributed by atoms with E-state index in [2.05, 4.69) is 19.1 Å². The lowest BCUT2D eigenvalue weighted by atomic mass is 10.1. The molecule has 1 heterocycles. The Hall–Kier alpha value is -1.29. The summed E-state index contributed by atoms with van der Waals surface area (Å²) in [5.41, 5.74) is 0. The second-order valence-corrected chi connectivity index (χ2v) is 9.37. The van der Waals surface area contributed by atoms with Gasteiger partial charge in [-0.15, -0.1) is 0 Å². The highest BCUT2D eigenvalue weighted by Gasteiger charge is 2.36. The van der Waals surface area contributed by atoms with Crippen molar-refractivity contribution >= 4 is 21.7 Å². The molecular weight excluding hydrogens is 408 g/mol. The lowest BCUT2D eigenvalue weighted by Crippen LogP contribution is -2.40. The smallest absolute Gasteiger partial charge is 0.316 e. The first-order valence-corrected chi connectivity index (χ1v) is 12.7. The number of unbranched alkanes of at least 4 members (excludes halogenated alkanes) is 6. The molecule has 1 unspecified atom stereocenters. The van der Waals surface area contributed by atoms with Crippen molar-refractivity contribution < 1.29 is 32.6 Å². The summed E-state index contributed by atoms with van der Waals surface area (Å²) in [6.45, 7) is 3.34. The van der Waals surface area contributed by atoms with Gasteiger partial charge in [0.25, 0.3) is 10.1 Å². The van der Waals surface area contributed by atoms with Crippen LogP contribution in [0.3, 0.4) is 0 Å². The zero-order valence-corrected chi connectivity index (χ0v) is 19.0. The number of hydrogen-bond donors (Lipinski definition) is 3. The summed E-state index contributed by atoms with van der Waals surface area (Å²) in [6, 6.07) is 0. The van der Waals surface area contributed by atoms with Crippen LogP contribution in [0.25, 0.3) is 0 Å². The second-order valence-electron chi connectivity index (χ2n) is 7.87. The van der Waals surface area contributed by atoms with Gasteiger partial charge in [0.15, 0.2) is 0 Å². The zero-order chi connectivity index (χ0) is 22.4. The van der Waals surface area contributed by atoms with Crippen molar-refractivity contribution in [3.63, 3.8) is 0 Å². The summed E-state index contributed by atoms with van der Waals surface area (Å²) in [4.78, 5) is 14.6. The summed E-state index contributed by atoms with van der Waals surface area (Å²) in [5, 5.41) is 19.2. The van der Waals surface area contributed by atoms with Gasteiger partial charge in [-0.25, -0.2) is 0 Å². The molecule has 3 N–H and O–H groups in total. The van der Waals surface area contributed by atoms with E-state index in [0.29, 0.717) is 31.9 Å². The van der Waals surface area contributed by atoms with E-state index in [4.69, 9.17) is 4.55 Å². The first-order valence-electron chi connectivity index (χ1n) is 11.1. The lowest BCUT2D eigenvalue weighted by molar-refractivity contribution is -0.525. The molecule has 0 spiro atoms. The molecule has 0 aromatic heterocycles. The minimum Gasteiger partial charge on any atom is -0.392 e. The molecule has 1 aliphatic heterocycles. The topological polar surface area (TPSA) is 118 Å². The van der Waals surface area contributed by atoms with E-state index in [0.717, 1.165) is 44.9 Å². The Morgan fingerprint density at radius 1 is 1.17 bits per heavy atom. The van der Waals surface area contributed by atoms with Crippen LogP contribution >= 0.6 is 0 Å². The Morgan fingerprint density at radius 3 is 2.50 bits per heavy atom. The van der Waals surface area contributed by atoms with Crippen molar-refractivity contribution in [2.75, 3.05) is 38.5 Å². The monoisotopic (exact) mass is 447 g/mol. The number of β-amino-alcohol motifs (C(OH)–C–C–N with tert-alkyl or cyclic N) is 2. The van der Waals surface area contributed by atoms with Crippen molar-refractivity contribution in [3.8, 4) is 0 Å². The fourth-order valence-corrected chi connectivity index (χ4v) is 4.26. The third kappa shape index (κ3) is 11.2. The fraction of sp³-hybridized carbons (Fsp3) is 0.810. The van der Waals surface area contributed by atoms with Crippen LogP contribution in [0.1, 0.15) is 64.7 Å². The molecule has 0 amide bonds. The summed E-state index contributed by atoms with van der Waals surface area (Å²) < 4.78 is 32.5. The van der Waals surface area contributed by atoms with E-state index in [1.165, 1.54) is 6.42 Å². The maximum Gasteiger partial charge on any atom is 0.316 e. The molecule has 0 radical (unpaired) electrons. The quantitative estimate of drug-likeness (QED) is 0.134. The van der Waals surface area contributed by atoms with Gasteiger partial charge in [-0.1, -0.05) is 44.8 Å². The molecule has 0 bridgehead atoms. The van der Waals surface area contributed by atoms with Crippen LogP contribution in [-0.4, -0.2) is 88.9 Å². The summed E-state index contributed by atoms with van der Waals surface area (Å²) in [6.07, 6.45) is 12.1. The number of hydrogen-bond acceptors (Lipinski definition) is 6. The highest BCUT2D eigenvalue weighted by atomic mass is 32.2. The molecule has 30 heavy (non-hydrogen) atoms. The van der Waals surface area contributed by atoms with Crippen molar-refractivity contribution in [1.29, 1.82) is 0 Å². The SMILES string of the molecule is CCC/C=C/CCCCCCCC(=O)C1=[N+](CC(O)CS(=O)(=O)O)CCN1CCO. The van der Waals surface area contributed by atoms with Gasteiger partial charge >= 0.3 is 5.84 Å². The molecule has 8 nitrogen and oxygen atoms in total. The van der Waals surface area contributed by atoms with Gasteiger partial charge < -0.3 is 10.2 Å². The predicted molar refractivity (Wildman–Crippen MR) is 117 cm³/mol. The maximum atomic E-state index is 12.8. The summed E-state index contributed by atoms with van der Waals surface area (Å²) in [7, 11) is -4.29. The van der Waals surface area contributed by atoms with E-state index in [-0.39, 0.29) is 18.9 Å². The average Bonchev–Trinajstić information content (AvgIpc) is 3.04. The molecule has 174 valence electrons. The van der Waals surface area contributed by atoms with Gasteiger partial charge in [0, 0.05) is 6.42 Å². The van der Waals surface area contributed by atoms with Crippen LogP contribution in [0.15, 0.2) is 12.2 Å². The first kappa shape index (κ1) is 26.7. The number of amidine groups is 1. The third-order valence-electron chi connectivity index (χ3n) is 5.09. The Labute approximate surface area is 181 Å². The minimum absolute atomic E-state index is 0.0473. The molecule has 0 fully saturated rings. The van der Waals surface area contributed by atoms with Crippen molar-refractivity contribution in [2.45, 2.75) is 70.8 Å². The fourth-order valence-electron chi connectivity index (χ4n) is 3.66. The number of carbonyl (C=O) groups is 1. The molecule has 9 heteroatoms. The van der Waals surface area contributed by atoms with Crippen LogP contribution in [0.4, 0.5) is 0 Å². The van der Waals surface area contributed by atoms with Crippen LogP contribution in [0.5, 0.6) is 0 Å². The van der Waals surface area contributed by atoms with Crippen LogP contribution in [-0.2, 0) is 14.9 Å². The normalized spacial score (nSPS) is 16.1. The van der Waals surface area contributed by atoms with Crippen molar-refractivity contribution in [3.05, 3.63) is 12.2 Å². The maximum absolute atomic E-state index is 12.8. The molecule has 0 saturated carbocycles. The van der Waals surface area contributed by atoms with E-state index in [1.807, 2.05) is 0 Å². The molecule has 1 rings (SSSR count). The Bertz CT molecular complexity index is 675. The van der Waals surface area contributed by atoms with Gasteiger partial charge in [-0.05, 0) is 25.7 Å². The minimum atomic E-state index is -4.29. The first-order chi connectivity index (χ1) is 14.3. The number of nitrogens with zero attached hydrogens (tertiary/aromatic N) is 2. The number of allylic oxidation sites excluding steroid dienone is 2. The predicted octanol–water partition coefficient (Wildman–Crippen LogP) is 1.61. The number of aliphatic hydroxyl groups excluding tert-OH is 2. The Morgan fingerprint density at radius 2 is 1.83 bits per heavy atom. The highest BCUT2D eigenvalue weighted by molar-refractivity contribution is 7.85. The van der Waals surface area contributed by atoms with Crippen LogP contribution in [0.2, 0.25) is 0 Å². The molecular formula is C21H39N2O6S+. The Kier molecular flexibility index (Phi) is 13.1. The summed E-state index contributed by atoms with van der Waals surface area (Å²) in [5.74, 6) is -0.388. The zero-order valence-electron chi connectivity index (χ0n) is 18.2. The van der Waals surface area contributed by atoms with Crippen LogP contribution < -0.4 is 0 Å². The molecule has 0 aromatic carbocycles. The average molecular weight is 448 g/mol. The van der Waals surface area contributed by atoms with Gasteiger partial charge in [0.05, 0.1) is 6.61 Å². The molecule has 0 aromatic rings. The molecule has 1 atom stereocenters. The van der Waals surface area contributed by atoms with Crippen molar-refractivity contribution in [1.82, 2.24) is 4.90 Å². The third-order valence-corrected chi connectivity index (χ3v) is 5.90. The standard InChI is InChI=1S/C21H38N2O6S/c1-2-3-4-5-6-7-8-9-10-11-12-20(26)21-22(15-16-24)13-14-23(21)17-19(25)18-30(27,28)29/h4-5,19,24-25H,2-3,6-18H2,1H3/p+1/b5-4+. The highest BCUT2D eigenvalue weighted by Crippen LogP contribution is 2.12. The van der Waals surface area contributed by atoms with Crippen molar-refractivity contribution in [2.24, 2.45) is 0 Å². The molecule has 0 saturated heterocycles.